The van der Waals surface area contributed by atoms with Crippen LogP contribution in [0.15, 0.2) is 49.4 Å². The smallest absolute Gasteiger partial charge is 0.0819 e. The Bertz CT molecular complexity index is 894. The van der Waals surface area contributed by atoms with E-state index in [9.17, 15) is 0 Å². The monoisotopic (exact) mass is 364 g/mol. The second-order valence-corrected chi connectivity index (χ2v) is 7.91. The average Bonchev–Trinajstić information content (AvgIpc) is 3.06. The van der Waals surface area contributed by atoms with Crippen LogP contribution in [0, 0.1) is 0 Å². The maximum atomic E-state index is 4.71. The Balaban J connectivity index is 1.48. The van der Waals surface area contributed by atoms with E-state index in [1.807, 2.05) is 12.4 Å². The molecule has 4 heterocycles. The van der Waals surface area contributed by atoms with E-state index in [1.54, 1.807) is 17.5 Å². The number of nitrogens with zero attached hydrogens (tertiary/aromatic N) is 3. The van der Waals surface area contributed by atoms with E-state index >= 15 is 0 Å². The number of thiophene rings is 1. The van der Waals surface area contributed by atoms with Crippen molar-refractivity contribution in [3.63, 3.8) is 0 Å². The van der Waals surface area contributed by atoms with Crippen LogP contribution in [0.2, 0.25) is 0 Å². The highest BCUT2D eigenvalue weighted by Gasteiger charge is 2.25. The Morgan fingerprint density at radius 2 is 2.19 bits per heavy atom. The van der Waals surface area contributed by atoms with E-state index in [0.717, 1.165) is 43.7 Å². The Morgan fingerprint density at radius 3 is 2.92 bits per heavy atom. The first-order chi connectivity index (χ1) is 12.8. The van der Waals surface area contributed by atoms with Crippen molar-refractivity contribution in [3.8, 4) is 10.6 Å². The Hall–Kier alpha value is -2.24. The van der Waals surface area contributed by atoms with Gasteiger partial charge in [-0.2, -0.15) is 0 Å². The summed E-state index contributed by atoms with van der Waals surface area (Å²) in [5.74, 6) is 0. The first kappa shape index (κ1) is 17.2. The van der Waals surface area contributed by atoms with Crippen molar-refractivity contribution < 1.29 is 0 Å². The maximum absolute atomic E-state index is 4.71. The van der Waals surface area contributed by atoms with E-state index in [0.29, 0.717) is 6.04 Å². The molecule has 0 bridgehead atoms. The molecule has 1 aliphatic heterocycles. The number of likely N-dealkylation sites (tertiary alicyclic amines) is 1. The Morgan fingerprint density at radius 1 is 1.31 bits per heavy atom. The Kier molecular flexibility index (Phi) is 5.00. The van der Waals surface area contributed by atoms with Crippen molar-refractivity contribution in [2.24, 2.45) is 0 Å². The number of pyridine rings is 2. The molecular formula is C21H24N4S. The zero-order valence-electron chi connectivity index (χ0n) is 15.1. The summed E-state index contributed by atoms with van der Waals surface area (Å²) in [6.07, 6.45) is 7.96. The van der Waals surface area contributed by atoms with Gasteiger partial charge in [0.2, 0.25) is 0 Å². The van der Waals surface area contributed by atoms with Crippen molar-refractivity contribution in [1.82, 2.24) is 20.2 Å². The van der Waals surface area contributed by atoms with Crippen molar-refractivity contribution in [2.45, 2.75) is 32.4 Å². The molecule has 0 aliphatic carbocycles. The van der Waals surface area contributed by atoms with Crippen LogP contribution in [-0.4, -0.2) is 34.0 Å². The summed E-state index contributed by atoms with van der Waals surface area (Å²) >= 11 is 1.81. The molecule has 1 fully saturated rings. The molecular weight excluding hydrogens is 340 g/mol. The van der Waals surface area contributed by atoms with Crippen LogP contribution in [-0.2, 0) is 13.0 Å². The predicted octanol–water partition coefficient (Wildman–Crippen LogP) is 4.23. The van der Waals surface area contributed by atoms with Crippen molar-refractivity contribution in [3.05, 3.63) is 60.6 Å². The SMILES string of the molecule is C=CNC1CN(Cc2ccc(-c3cc4nccc(CCC)c4s3)nc2)C1. The molecule has 26 heavy (non-hydrogen) atoms. The van der Waals surface area contributed by atoms with Crippen LogP contribution in [0.1, 0.15) is 24.5 Å². The molecule has 134 valence electrons. The summed E-state index contributed by atoms with van der Waals surface area (Å²) in [6, 6.07) is 9.19. The second-order valence-electron chi connectivity index (χ2n) is 6.86. The fourth-order valence-electron chi connectivity index (χ4n) is 3.48. The van der Waals surface area contributed by atoms with Crippen LogP contribution in [0.4, 0.5) is 0 Å². The van der Waals surface area contributed by atoms with E-state index in [-0.39, 0.29) is 0 Å². The zero-order valence-corrected chi connectivity index (χ0v) is 15.9. The molecule has 0 unspecified atom stereocenters. The predicted molar refractivity (Wildman–Crippen MR) is 109 cm³/mol. The first-order valence-electron chi connectivity index (χ1n) is 9.19. The third-order valence-corrected chi connectivity index (χ3v) is 6.03. The van der Waals surface area contributed by atoms with Gasteiger partial charge in [0.1, 0.15) is 0 Å². The fraction of sp³-hybridized carbons (Fsp3) is 0.333. The van der Waals surface area contributed by atoms with Crippen LogP contribution in [0.3, 0.4) is 0 Å². The standard InChI is InChI=1S/C21H24N4S/c1-3-5-16-8-9-23-19-10-20(26-21(16)19)18-7-6-15(11-24-18)12-25-13-17(14-25)22-4-2/h4,6-11,17,22H,2-3,5,12-14H2,1H3. The van der Waals surface area contributed by atoms with E-state index in [2.05, 4.69) is 53.0 Å². The number of aromatic nitrogens is 2. The third kappa shape index (κ3) is 3.50. The minimum atomic E-state index is 0.545. The van der Waals surface area contributed by atoms with Gasteiger partial charge < -0.3 is 5.32 Å². The van der Waals surface area contributed by atoms with E-state index in [1.165, 1.54) is 20.7 Å². The van der Waals surface area contributed by atoms with Crippen molar-refractivity contribution >= 4 is 21.6 Å². The summed E-state index contributed by atoms with van der Waals surface area (Å²) in [5, 5.41) is 3.26. The molecule has 3 aromatic heterocycles. The van der Waals surface area contributed by atoms with Crippen LogP contribution in [0.5, 0.6) is 0 Å². The van der Waals surface area contributed by atoms with Gasteiger partial charge in [0.05, 0.1) is 26.8 Å². The van der Waals surface area contributed by atoms with Crippen molar-refractivity contribution in [2.75, 3.05) is 13.1 Å². The van der Waals surface area contributed by atoms with Crippen LogP contribution < -0.4 is 5.32 Å². The molecule has 4 rings (SSSR count). The summed E-state index contributed by atoms with van der Waals surface area (Å²) in [6.45, 7) is 9.02. The molecule has 1 N–H and O–H groups in total. The molecule has 3 aromatic rings. The number of rotatable bonds is 7. The zero-order chi connectivity index (χ0) is 17.9. The van der Waals surface area contributed by atoms with Gasteiger partial charge in [-0.1, -0.05) is 26.0 Å². The lowest BCUT2D eigenvalue weighted by Gasteiger charge is -2.39. The summed E-state index contributed by atoms with van der Waals surface area (Å²) in [7, 11) is 0. The summed E-state index contributed by atoms with van der Waals surface area (Å²) in [5.41, 5.74) is 4.78. The molecule has 0 radical (unpaired) electrons. The molecule has 1 saturated heterocycles. The minimum absolute atomic E-state index is 0.545. The molecule has 0 spiro atoms. The molecule has 0 saturated carbocycles. The van der Waals surface area contributed by atoms with Gasteiger partial charge >= 0.3 is 0 Å². The maximum Gasteiger partial charge on any atom is 0.0819 e. The normalized spacial score (nSPS) is 15.1. The highest BCUT2D eigenvalue weighted by atomic mass is 32.1. The van der Waals surface area contributed by atoms with Gasteiger partial charge in [0, 0.05) is 32.0 Å². The minimum Gasteiger partial charge on any atom is -0.386 e. The molecule has 1 aliphatic rings. The lowest BCUT2D eigenvalue weighted by atomic mass is 10.1. The van der Waals surface area contributed by atoms with Gasteiger partial charge in [-0.3, -0.25) is 14.9 Å². The highest BCUT2D eigenvalue weighted by molar-refractivity contribution is 7.22. The number of nitrogens with one attached hydrogen (secondary N) is 1. The van der Waals surface area contributed by atoms with Gasteiger partial charge in [-0.15, -0.1) is 11.3 Å². The number of hydrogen-bond acceptors (Lipinski definition) is 5. The molecule has 0 atom stereocenters. The van der Waals surface area contributed by atoms with Gasteiger partial charge in [0.15, 0.2) is 0 Å². The number of hydrogen-bond donors (Lipinski definition) is 1. The van der Waals surface area contributed by atoms with Crippen molar-refractivity contribution in [1.29, 1.82) is 0 Å². The fourth-order valence-corrected chi connectivity index (χ4v) is 4.61. The molecule has 5 heteroatoms. The van der Waals surface area contributed by atoms with Gasteiger partial charge in [-0.25, -0.2) is 0 Å². The molecule has 0 aromatic carbocycles. The summed E-state index contributed by atoms with van der Waals surface area (Å²) < 4.78 is 1.30. The second kappa shape index (κ2) is 7.56. The number of fused-ring (bicyclic) bond motifs is 1. The quantitative estimate of drug-likeness (QED) is 0.681. The average molecular weight is 365 g/mol. The van der Waals surface area contributed by atoms with Gasteiger partial charge in [-0.05, 0) is 41.9 Å². The lowest BCUT2D eigenvalue weighted by Crippen LogP contribution is -2.55. The van der Waals surface area contributed by atoms with E-state index in [4.69, 9.17) is 4.98 Å². The van der Waals surface area contributed by atoms with Crippen LogP contribution >= 0.6 is 11.3 Å². The largest absolute Gasteiger partial charge is 0.386 e. The topological polar surface area (TPSA) is 41.0 Å². The van der Waals surface area contributed by atoms with E-state index < -0.39 is 0 Å². The Labute approximate surface area is 158 Å². The first-order valence-corrected chi connectivity index (χ1v) is 10.0. The van der Waals surface area contributed by atoms with Crippen LogP contribution in [0.25, 0.3) is 20.8 Å². The summed E-state index contributed by atoms with van der Waals surface area (Å²) in [4.78, 5) is 12.9. The van der Waals surface area contributed by atoms with Gasteiger partial charge in [0.25, 0.3) is 0 Å². The molecule has 0 amide bonds. The lowest BCUT2D eigenvalue weighted by molar-refractivity contribution is 0.127. The molecule has 4 nitrogen and oxygen atoms in total. The number of aryl methyl sites for hydroxylation is 1. The highest BCUT2D eigenvalue weighted by Crippen LogP contribution is 2.34. The third-order valence-electron chi connectivity index (χ3n) is 4.81.